The number of nitrogens with one attached hydrogen (secondary N) is 1. The molecule has 2 rings (SSSR count). The predicted molar refractivity (Wildman–Crippen MR) is 82.8 cm³/mol. The van der Waals surface area contributed by atoms with Crippen LogP contribution in [0.15, 0.2) is 18.2 Å². The highest BCUT2D eigenvalue weighted by atomic mass is 16.5. The minimum absolute atomic E-state index is 0.475. The van der Waals surface area contributed by atoms with Gasteiger partial charge in [-0.3, -0.25) is 0 Å². The highest BCUT2D eigenvalue weighted by Crippen LogP contribution is 2.32. The average Bonchev–Trinajstić information content (AvgIpc) is 2.45. The molecule has 4 nitrogen and oxygen atoms in total. The summed E-state index contributed by atoms with van der Waals surface area (Å²) in [5, 5.41) is 3.65. The van der Waals surface area contributed by atoms with Crippen LogP contribution in [0.5, 0.6) is 11.5 Å². The zero-order chi connectivity index (χ0) is 14.7. The quantitative estimate of drug-likeness (QED) is 0.918. The summed E-state index contributed by atoms with van der Waals surface area (Å²) in [5.41, 5.74) is 1.04. The van der Waals surface area contributed by atoms with E-state index >= 15 is 0 Å². The molecule has 1 heterocycles. The molecule has 0 aromatic heterocycles. The molecule has 0 spiro atoms. The van der Waals surface area contributed by atoms with Gasteiger partial charge >= 0.3 is 0 Å². The summed E-state index contributed by atoms with van der Waals surface area (Å²) in [4.78, 5) is 2.42. The first-order valence-electron chi connectivity index (χ1n) is 7.24. The Bertz CT molecular complexity index is 450. The van der Waals surface area contributed by atoms with E-state index in [0.717, 1.165) is 30.2 Å². The molecule has 0 saturated carbocycles. The predicted octanol–water partition coefficient (Wildman–Crippen LogP) is 2.84. The number of piperidine rings is 1. The number of hydrogen-bond acceptors (Lipinski definition) is 4. The van der Waals surface area contributed by atoms with E-state index in [1.165, 1.54) is 0 Å². The van der Waals surface area contributed by atoms with E-state index in [4.69, 9.17) is 9.47 Å². The zero-order valence-corrected chi connectivity index (χ0v) is 13.1. The minimum Gasteiger partial charge on any atom is -0.497 e. The summed E-state index contributed by atoms with van der Waals surface area (Å²) < 4.78 is 10.7. The lowest BCUT2D eigenvalue weighted by molar-refractivity contribution is 0.145. The first kappa shape index (κ1) is 15.0. The molecule has 0 amide bonds. The summed E-state index contributed by atoms with van der Waals surface area (Å²) in [7, 11) is 5.56. The maximum Gasteiger partial charge on any atom is 0.145 e. The van der Waals surface area contributed by atoms with Gasteiger partial charge in [0.25, 0.3) is 0 Å². The van der Waals surface area contributed by atoms with Gasteiger partial charge in [0.05, 0.1) is 19.9 Å². The van der Waals surface area contributed by atoms with Crippen LogP contribution in [0.25, 0.3) is 0 Å². The summed E-state index contributed by atoms with van der Waals surface area (Å²) in [5.74, 6) is 2.27. The molecule has 1 aromatic rings. The second-order valence-electron chi connectivity index (χ2n) is 5.82. The van der Waals surface area contributed by atoms with Gasteiger partial charge in [-0.1, -0.05) is 6.92 Å². The summed E-state index contributed by atoms with van der Waals surface area (Å²) in [6.45, 7) is 5.71. The van der Waals surface area contributed by atoms with Gasteiger partial charge in [0.15, 0.2) is 0 Å². The fraction of sp³-hybridized carbons (Fsp3) is 0.625. The summed E-state index contributed by atoms with van der Waals surface area (Å²) in [6, 6.07) is 7.00. The van der Waals surface area contributed by atoms with Crippen LogP contribution in [-0.4, -0.2) is 44.8 Å². The minimum atomic E-state index is 0.475. The van der Waals surface area contributed by atoms with Crippen LogP contribution in [0, 0.1) is 5.92 Å². The van der Waals surface area contributed by atoms with Crippen LogP contribution < -0.4 is 14.8 Å². The van der Waals surface area contributed by atoms with Crippen LogP contribution in [0.1, 0.15) is 20.3 Å². The van der Waals surface area contributed by atoms with Crippen molar-refractivity contribution >= 4 is 5.69 Å². The number of hydrogen-bond donors (Lipinski definition) is 1. The van der Waals surface area contributed by atoms with Gasteiger partial charge in [0, 0.05) is 24.7 Å². The lowest BCUT2D eigenvalue weighted by Crippen LogP contribution is -2.48. The monoisotopic (exact) mass is 278 g/mol. The summed E-state index contributed by atoms with van der Waals surface area (Å²) in [6.07, 6.45) is 1.15. The summed E-state index contributed by atoms with van der Waals surface area (Å²) >= 11 is 0. The van der Waals surface area contributed by atoms with Crippen molar-refractivity contribution in [1.29, 1.82) is 0 Å². The highest BCUT2D eigenvalue weighted by molar-refractivity contribution is 5.59. The lowest BCUT2D eigenvalue weighted by atomic mass is 9.89. The Morgan fingerprint density at radius 3 is 2.60 bits per heavy atom. The molecule has 1 aliphatic rings. The Morgan fingerprint density at radius 2 is 1.95 bits per heavy atom. The van der Waals surface area contributed by atoms with Gasteiger partial charge in [-0.15, -0.1) is 0 Å². The molecule has 4 heteroatoms. The number of anilines is 1. The highest BCUT2D eigenvalue weighted by Gasteiger charge is 2.29. The molecule has 1 N–H and O–H groups in total. The van der Waals surface area contributed by atoms with Crippen LogP contribution in [0.4, 0.5) is 5.69 Å². The van der Waals surface area contributed by atoms with Crippen LogP contribution in [-0.2, 0) is 0 Å². The largest absolute Gasteiger partial charge is 0.497 e. The lowest BCUT2D eigenvalue weighted by Gasteiger charge is -2.40. The molecular formula is C16H26N2O2. The average molecular weight is 278 g/mol. The standard InChI is InChI=1S/C16H26N2O2/c1-11-10-18(3)12(2)8-15(11)17-14-7-6-13(19-4)9-16(14)20-5/h6-7,9,11-12,15,17H,8,10H2,1-5H3. The van der Waals surface area contributed by atoms with Gasteiger partial charge in [0.1, 0.15) is 11.5 Å². The van der Waals surface area contributed by atoms with Crippen molar-refractivity contribution in [3.05, 3.63) is 18.2 Å². The first-order chi connectivity index (χ1) is 9.55. The number of nitrogens with zero attached hydrogens (tertiary/aromatic N) is 1. The third kappa shape index (κ3) is 3.18. The van der Waals surface area contributed by atoms with Crippen molar-refractivity contribution in [3.8, 4) is 11.5 Å². The second kappa shape index (κ2) is 6.35. The van der Waals surface area contributed by atoms with Gasteiger partial charge in [-0.2, -0.15) is 0 Å². The Balaban J connectivity index is 2.13. The van der Waals surface area contributed by atoms with E-state index in [1.807, 2.05) is 18.2 Å². The Morgan fingerprint density at radius 1 is 1.20 bits per heavy atom. The molecule has 1 saturated heterocycles. The van der Waals surface area contributed by atoms with Crippen molar-refractivity contribution < 1.29 is 9.47 Å². The molecule has 1 aliphatic heterocycles. The van der Waals surface area contributed by atoms with E-state index in [-0.39, 0.29) is 0 Å². The van der Waals surface area contributed by atoms with E-state index < -0.39 is 0 Å². The Hall–Kier alpha value is -1.42. The molecule has 0 bridgehead atoms. The van der Waals surface area contributed by atoms with Crippen molar-refractivity contribution in [3.63, 3.8) is 0 Å². The van der Waals surface area contributed by atoms with Crippen molar-refractivity contribution in [2.24, 2.45) is 5.92 Å². The second-order valence-corrected chi connectivity index (χ2v) is 5.82. The van der Waals surface area contributed by atoms with E-state index in [1.54, 1.807) is 14.2 Å². The molecule has 3 atom stereocenters. The van der Waals surface area contributed by atoms with Crippen molar-refractivity contribution in [1.82, 2.24) is 4.90 Å². The first-order valence-corrected chi connectivity index (χ1v) is 7.24. The van der Waals surface area contributed by atoms with E-state index in [9.17, 15) is 0 Å². The van der Waals surface area contributed by atoms with Gasteiger partial charge < -0.3 is 19.7 Å². The molecule has 1 aromatic carbocycles. The smallest absolute Gasteiger partial charge is 0.145 e. The van der Waals surface area contributed by atoms with Crippen molar-refractivity contribution in [2.75, 3.05) is 33.1 Å². The fourth-order valence-corrected chi connectivity index (χ4v) is 2.86. The maximum atomic E-state index is 5.46. The van der Waals surface area contributed by atoms with Gasteiger partial charge in [-0.05, 0) is 38.4 Å². The number of ether oxygens (including phenoxy) is 2. The van der Waals surface area contributed by atoms with Crippen LogP contribution >= 0.6 is 0 Å². The van der Waals surface area contributed by atoms with Gasteiger partial charge in [0.2, 0.25) is 0 Å². The topological polar surface area (TPSA) is 33.7 Å². The molecular weight excluding hydrogens is 252 g/mol. The van der Waals surface area contributed by atoms with E-state index in [0.29, 0.717) is 18.0 Å². The molecule has 20 heavy (non-hydrogen) atoms. The number of rotatable bonds is 4. The third-order valence-corrected chi connectivity index (χ3v) is 4.36. The molecule has 0 radical (unpaired) electrons. The van der Waals surface area contributed by atoms with E-state index in [2.05, 4.69) is 31.1 Å². The number of benzene rings is 1. The number of methoxy groups -OCH3 is 2. The molecule has 1 fully saturated rings. The normalized spacial score (nSPS) is 27.1. The molecule has 3 unspecified atom stereocenters. The van der Waals surface area contributed by atoms with Crippen molar-refractivity contribution in [2.45, 2.75) is 32.4 Å². The van der Waals surface area contributed by atoms with Crippen LogP contribution in [0.2, 0.25) is 0 Å². The number of likely N-dealkylation sites (tertiary alicyclic amines) is 1. The molecule has 0 aliphatic carbocycles. The van der Waals surface area contributed by atoms with Gasteiger partial charge in [-0.25, -0.2) is 0 Å². The third-order valence-electron chi connectivity index (χ3n) is 4.36. The van der Waals surface area contributed by atoms with Crippen LogP contribution in [0.3, 0.4) is 0 Å². The fourth-order valence-electron chi connectivity index (χ4n) is 2.86. The Labute approximate surface area is 122 Å². The molecule has 112 valence electrons. The Kier molecular flexibility index (Phi) is 4.76. The SMILES string of the molecule is COc1ccc(NC2CC(C)N(C)CC2C)c(OC)c1. The maximum absolute atomic E-state index is 5.46. The zero-order valence-electron chi connectivity index (χ0n) is 13.1.